The summed E-state index contributed by atoms with van der Waals surface area (Å²) in [6, 6.07) is 13.9. The molecule has 6 nitrogen and oxygen atoms in total. The van der Waals surface area contributed by atoms with Crippen molar-refractivity contribution in [2.75, 3.05) is 56.0 Å². The second-order valence-electron chi connectivity index (χ2n) is 9.28. The highest BCUT2D eigenvalue weighted by Gasteiger charge is 2.31. The Hall–Kier alpha value is -2.65. The van der Waals surface area contributed by atoms with Gasteiger partial charge in [-0.3, -0.25) is 9.69 Å². The Labute approximate surface area is 214 Å². The van der Waals surface area contributed by atoms with Gasteiger partial charge in [-0.05, 0) is 74.3 Å². The number of hydrogen-bond donors (Lipinski definition) is 1. The van der Waals surface area contributed by atoms with Gasteiger partial charge in [-0.25, -0.2) is 0 Å². The number of nitrogens with one attached hydrogen (secondary N) is 1. The minimum atomic E-state index is -4.69. The lowest BCUT2D eigenvalue weighted by Crippen LogP contribution is -2.47. The molecule has 196 valence electrons. The fourth-order valence-corrected chi connectivity index (χ4v) is 4.88. The van der Waals surface area contributed by atoms with Crippen molar-refractivity contribution in [2.24, 2.45) is 0 Å². The SMILES string of the molecule is O=C(CCCN1CCN(c2ccc(Cl)cc2)CC1)N1CCC(Nc2ccc(OC(F)(F)F)cc2)CC1. The number of hydrogen-bond acceptors (Lipinski definition) is 5. The zero-order valence-corrected chi connectivity index (χ0v) is 20.9. The lowest BCUT2D eigenvalue weighted by atomic mass is 10.0. The highest BCUT2D eigenvalue weighted by atomic mass is 35.5. The summed E-state index contributed by atoms with van der Waals surface area (Å²) in [6.07, 6.45) is -1.68. The molecule has 2 aromatic rings. The van der Waals surface area contributed by atoms with Crippen LogP contribution in [-0.2, 0) is 4.79 Å². The number of benzene rings is 2. The maximum Gasteiger partial charge on any atom is 0.573 e. The molecule has 2 heterocycles. The molecule has 0 unspecified atom stereocenters. The smallest absolute Gasteiger partial charge is 0.406 e. The van der Waals surface area contributed by atoms with Crippen LogP contribution in [-0.4, -0.2) is 73.9 Å². The first-order valence-corrected chi connectivity index (χ1v) is 12.8. The average Bonchev–Trinajstić information content (AvgIpc) is 2.86. The molecule has 0 radical (unpaired) electrons. The van der Waals surface area contributed by atoms with Crippen molar-refractivity contribution in [3.8, 4) is 5.75 Å². The minimum absolute atomic E-state index is 0.181. The summed E-state index contributed by atoms with van der Waals surface area (Å²) in [5, 5.41) is 4.09. The molecule has 0 aromatic heterocycles. The molecular weight excluding hydrogens is 493 g/mol. The Bertz CT molecular complexity index is 972. The number of carbonyl (C=O) groups excluding carboxylic acids is 1. The fraction of sp³-hybridized carbons (Fsp3) is 0.500. The number of likely N-dealkylation sites (tertiary alicyclic amines) is 1. The third kappa shape index (κ3) is 7.93. The van der Waals surface area contributed by atoms with Gasteiger partial charge in [0.05, 0.1) is 0 Å². The van der Waals surface area contributed by atoms with Crippen LogP contribution in [0.2, 0.25) is 5.02 Å². The van der Waals surface area contributed by atoms with Gasteiger partial charge in [-0.2, -0.15) is 0 Å². The number of nitrogens with zero attached hydrogens (tertiary/aromatic N) is 3. The van der Waals surface area contributed by atoms with E-state index < -0.39 is 6.36 Å². The molecule has 0 atom stereocenters. The summed E-state index contributed by atoms with van der Waals surface area (Å²) in [5.74, 6) is -0.0428. The van der Waals surface area contributed by atoms with Crippen molar-refractivity contribution in [1.29, 1.82) is 0 Å². The van der Waals surface area contributed by atoms with E-state index in [1.165, 1.54) is 17.8 Å². The number of piperazine rings is 1. The number of amides is 1. The zero-order chi connectivity index (χ0) is 25.5. The molecule has 2 fully saturated rings. The van der Waals surface area contributed by atoms with Gasteiger partial charge < -0.3 is 19.9 Å². The number of carbonyl (C=O) groups is 1. The van der Waals surface area contributed by atoms with Crippen LogP contribution in [0, 0.1) is 0 Å². The Morgan fingerprint density at radius 1 is 0.944 bits per heavy atom. The maximum atomic E-state index is 12.7. The fourth-order valence-electron chi connectivity index (χ4n) is 4.76. The Balaban J connectivity index is 1.11. The normalized spacial score (nSPS) is 17.8. The number of piperidine rings is 1. The van der Waals surface area contributed by atoms with Crippen LogP contribution in [0.4, 0.5) is 24.5 Å². The molecule has 10 heteroatoms. The number of anilines is 2. The van der Waals surface area contributed by atoms with E-state index in [9.17, 15) is 18.0 Å². The van der Waals surface area contributed by atoms with Gasteiger partial charge in [0.1, 0.15) is 5.75 Å². The van der Waals surface area contributed by atoms with Crippen molar-refractivity contribution < 1.29 is 22.7 Å². The van der Waals surface area contributed by atoms with Gasteiger partial charge in [-0.15, -0.1) is 13.2 Å². The van der Waals surface area contributed by atoms with Crippen LogP contribution < -0.4 is 15.0 Å². The summed E-state index contributed by atoms with van der Waals surface area (Å²) in [7, 11) is 0. The summed E-state index contributed by atoms with van der Waals surface area (Å²) in [4.78, 5) is 19.4. The molecule has 2 aliphatic heterocycles. The number of halogens is 4. The van der Waals surface area contributed by atoms with Gasteiger partial charge in [0, 0.05) is 68.1 Å². The molecule has 4 rings (SSSR count). The Kier molecular flexibility index (Phi) is 8.85. The van der Waals surface area contributed by atoms with Crippen molar-refractivity contribution >= 4 is 28.9 Å². The standard InChI is InChI=1S/C26H32ClF3N4O2/c27-20-3-7-23(8-4-20)33-18-16-32(17-19-33)13-1-2-25(35)34-14-11-22(12-15-34)31-21-5-9-24(10-6-21)36-26(28,29)30/h3-10,22,31H,1-2,11-19H2. The molecule has 2 aliphatic rings. The van der Waals surface area contributed by atoms with Crippen LogP contribution in [0.25, 0.3) is 0 Å². The largest absolute Gasteiger partial charge is 0.573 e. The minimum Gasteiger partial charge on any atom is -0.406 e. The lowest BCUT2D eigenvalue weighted by molar-refractivity contribution is -0.274. The van der Waals surface area contributed by atoms with E-state index in [-0.39, 0.29) is 17.7 Å². The van der Waals surface area contributed by atoms with E-state index in [1.807, 2.05) is 17.0 Å². The summed E-state index contributed by atoms with van der Waals surface area (Å²) in [5.41, 5.74) is 1.94. The van der Waals surface area contributed by atoms with Crippen LogP contribution >= 0.6 is 11.6 Å². The van der Waals surface area contributed by atoms with E-state index in [4.69, 9.17) is 11.6 Å². The molecule has 2 aromatic carbocycles. The Morgan fingerprint density at radius 3 is 2.19 bits per heavy atom. The van der Waals surface area contributed by atoms with Gasteiger partial charge in [0.25, 0.3) is 0 Å². The second-order valence-corrected chi connectivity index (χ2v) is 9.72. The van der Waals surface area contributed by atoms with E-state index in [0.717, 1.165) is 62.7 Å². The van der Waals surface area contributed by atoms with Crippen LogP contribution in [0.5, 0.6) is 5.75 Å². The van der Waals surface area contributed by atoms with E-state index in [2.05, 4.69) is 32.0 Å². The van der Waals surface area contributed by atoms with Crippen molar-refractivity contribution in [2.45, 2.75) is 38.1 Å². The monoisotopic (exact) mass is 524 g/mol. The molecule has 1 N–H and O–H groups in total. The third-order valence-corrected chi connectivity index (χ3v) is 6.99. The molecule has 0 aliphatic carbocycles. The average molecular weight is 525 g/mol. The third-order valence-electron chi connectivity index (χ3n) is 6.74. The van der Waals surface area contributed by atoms with E-state index in [1.54, 1.807) is 12.1 Å². The van der Waals surface area contributed by atoms with Crippen LogP contribution in [0.1, 0.15) is 25.7 Å². The Morgan fingerprint density at radius 2 is 1.58 bits per heavy atom. The van der Waals surface area contributed by atoms with Crippen molar-refractivity contribution in [3.63, 3.8) is 0 Å². The molecular formula is C26H32ClF3N4O2. The number of alkyl halides is 3. The number of rotatable bonds is 8. The molecule has 0 bridgehead atoms. The number of ether oxygens (including phenoxy) is 1. The quantitative estimate of drug-likeness (QED) is 0.511. The van der Waals surface area contributed by atoms with Crippen molar-refractivity contribution in [3.05, 3.63) is 53.6 Å². The van der Waals surface area contributed by atoms with Crippen LogP contribution in [0.3, 0.4) is 0 Å². The zero-order valence-electron chi connectivity index (χ0n) is 20.1. The molecule has 2 saturated heterocycles. The highest BCUT2D eigenvalue weighted by molar-refractivity contribution is 6.30. The first kappa shape index (κ1) is 26.4. The first-order chi connectivity index (χ1) is 17.2. The van der Waals surface area contributed by atoms with E-state index in [0.29, 0.717) is 19.5 Å². The lowest BCUT2D eigenvalue weighted by Gasteiger charge is -2.36. The molecule has 0 saturated carbocycles. The van der Waals surface area contributed by atoms with Gasteiger partial charge in [-0.1, -0.05) is 11.6 Å². The van der Waals surface area contributed by atoms with E-state index >= 15 is 0 Å². The summed E-state index contributed by atoms with van der Waals surface area (Å²) in [6.45, 7) is 6.19. The molecule has 1 amide bonds. The topological polar surface area (TPSA) is 48.1 Å². The molecule has 36 heavy (non-hydrogen) atoms. The van der Waals surface area contributed by atoms with Gasteiger partial charge in [0.2, 0.25) is 5.91 Å². The second kappa shape index (κ2) is 12.1. The summed E-state index contributed by atoms with van der Waals surface area (Å²) >= 11 is 5.98. The van der Waals surface area contributed by atoms with Crippen molar-refractivity contribution in [1.82, 2.24) is 9.80 Å². The van der Waals surface area contributed by atoms with Gasteiger partial charge >= 0.3 is 6.36 Å². The first-order valence-electron chi connectivity index (χ1n) is 12.4. The maximum absolute atomic E-state index is 12.7. The highest BCUT2D eigenvalue weighted by Crippen LogP contribution is 2.25. The predicted octanol–water partition coefficient (Wildman–Crippen LogP) is 5.24. The van der Waals surface area contributed by atoms with Crippen LogP contribution in [0.15, 0.2) is 48.5 Å². The summed E-state index contributed by atoms with van der Waals surface area (Å²) < 4.78 is 40.8. The van der Waals surface area contributed by atoms with Gasteiger partial charge in [0.15, 0.2) is 0 Å². The predicted molar refractivity (Wildman–Crippen MR) is 136 cm³/mol. The molecule has 0 spiro atoms.